The van der Waals surface area contributed by atoms with Crippen molar-refractivity contribution in [2.24, 2.45) is 4.99 Å². The summed E-state index contributed by atoms with van der Waals surface area (Å²) in [5.74, 6) is -2.45. The third kappa shape index (κ3) is 2.45. The quantitative estimate of drug-likeness (QED) is 0.572. The molecule has 0 unspecified atom stereocenters. The van der Waals surface area contributed by atoms with Gasteiger partial charge in [0, 0.05) is 6.26 Å². The number of carbonyl (C=O) groups excluding carboxylic acids is 1. The molecule has 0 radical (unpaired) electrons. The molecule has 0 atom stereocenters. The molecule has 0 bridgehead atoms. The fourth-order valence-corrected chi connectivity index (χ4v) is 1.54. The van der Waals surface area contributed by atoms with Crippen LogP contribution in [0.25, 0.3) is 0 Å². The fraction of sp³-hybridized carbons (Fsp3) is 0.125. The number of nitrogens with zero attached hydrogens (tertiary/aromatic N) is 1. The standard InChI is InChI=1S/C8H5F2NO3S/c1-15(13,14)5-2-6(9)8(11-4-12)7(10)3-5/h2-3H,1H3. The van der Waals surface area contributed by atoms with Crippen LogP contribution < -0.4 is 0 Å². The van der Waals surface area contributed by atoms with Crippen molar-refractivity contribution < 1.29 is 22.0 Å². The number of aliphatic imine (C=N–C) groups is 1. The molecule has 0 amide bonds. The molecule has 80 valence electrons. The predicted octanol–water partition coefficient (Wildman–Crippen LogP) is 1.34. The van der Waals surface area contributed by atoms with Gasteiger partial charge in [-0.1, -0.05) is 0 Å². The molecule has 0 aromatic heterocycles. The van der Waals surface area contributed by atoms with E-state index in [0.29, 0.717) is 12.1 Å². The maximum Gasteiger partial charge on any atom is 0.240 e. The number of hydrogen-bond donors (Lipinski definition) is 0. The van der Waals surface area contributed by atoms with Gasteiger partial charge in [0.1, 0.15) is 5.69 Å². The van der Waals surface area contributed by atoms with Crippen LogP contribution in [-0.2, 0) is 14.6 Å². The van der Waals surface area contributed by atoms with E-state index in [9.17, 15) is 22.0 Å². The highest BCUT2D eigenvalue weighted by molar-refractivity contribution is 7.90. The minimum atomic E-state index is -3.70. The molecule has 0 N–H and O–H groups in total. The molecule has 0 spiro atoms. The predicted molar refractivity (Wildman–Crippen MR) is 47.2 cm³/mol. The van der Waals surface area contributed by atoms with E-state index in [2.05, 4.69) is 4.99 Å². The summed E-state index contributed by atoms with van der Waals surface area (Å²) in [5.41, 5.74) is -0.850. The maximum absolute atomic E-state index is 13.1. The lowest BCUT2D eigenvalue weighted by atomic mass is 10.3. The minimum Gasteiger partial charge on any atom is -0.224 e. The van der Waals surface area contributed by atoms with Gasteiger partial charge in [-0.05, 0) is 12.1 Å². The number of isocyanates is 1. The summed E-state index contributed by atoms with van der Waals surface area (Å²) in [4.78, 5) is 12.1. The Bertz CT molecular complexity index is 524. The van der Waals surface area contributed by atoms with E-state index >= 15 is 0 Å². The van der Waals surface area contributed by atoms with Crippen LogP contribution in [0.5, 0.6) is 0 Å². The second-order valence-electron chi connectivity index (χ2n) is 2.71. The van der Waals surface area contributed by atoms with Crippen molar-refractivity contribution in [2.45, 2.75) is 4.90 Å². The third-order valence-corrected chi connectivity index (χ3v) is 2.67. The zero-order valence-corrected chi connectivity index (χ0v) is 8.31. The summed E-state index contributed by atoms with van der Waals surface area (Å²) in [6.07, 6.45) is 1.78. The lowest BCUT2D eigenvalue weighted by Gasteiger charge is -2.01. The van der Waals surface area contributed by atoms with Crippen molar-refractivity contribution in [3.8, 4) is 0 Å². The van der Waals surface area contributed by atoms with Crippen molar-refractivity contribution in [2.75, 3.05) is 6.26 Å². The molecule has 0 heterocycles. The Morgan fingerprint density at radius 2 is 1.73 bits per heavy atom. The monoisotopic (exact) mass is 233 g/mol. The third-order valence-electron chi connectivity index (χ3n) is 1.58. The van der Waals surface area contributed by atoms with Crippen LogP contribution in [0, 0.1) is 11.6 Å². The smallest absolute Gasteiger partial charge is 0.224 e. The van der Waals surface area contributed by atoms with Crippen LogP contribution in [-0.4, -0.2) is 20.8 Å². The van der Waals surface area contributed by atoms with Crippen molar-refractivity contribution in [3.63, 3.8) is 0 Å². The highest BCUT2D eigenvalue weighted by Crippen LogP contribution is 2.25. The van der Waals surface area contributed by atoms with Crippen LogP contribution >= 0.6 is 0 Å². The Balaban J connectivity index is 3.52. The molecule has 1 rings (SSSR count). The topological polar surface area (TPSA) is 63.6 Å². The molecule has 0 saturated carbocycles. The Morgan fingerprint density at radius 3 is 2.07 bits per heavy atom. The molecule has 0 fully saturated rings. The van der Waals surface area contributed by atoms with Crippen molar-refractivity contribution >= 4 is 21.6 Å². The van der Waals surface area contributed by atoms with Crippen molar-refractivity contribution in [1.29, 1.82) is 0 Å². The molecule has 7 heteroatoms. The SMILES string of the molecule is CS(=O)(=O)c1cc(F)c(N=C=O)c(F)c1. The molecule has 4 nitrogen and oxygen atoms in total. The first-order chi connectivity index (χ1) is 6.86. The van der Waals surface area contributed by atoms with Gasteiger partial charge in [-0.3, -0.25) is 0 Å². The van der Waals surface area contributed by atoms with Crippen molar-refractivity contribution in [1.82, 2.24) is 0 Å². The zero-order valence-electron chi connectivity index (χ0n) is 7.49. The first-order valence-electron chi connectivity index (χ1n) is 3.63. The van der Waals surface area contributed by atoms with Gasteiger partial charge < -0.3 is 0 Å². The van der Waals surface area contributed by atoms with Gasteiger partial charge in [-0.2, -0.15) is 4.99 Å². The van der Waals surface area contributed by atoms with Crippen LogP contribution in [0.15, 0.2) is 22.0 Å². The lowest BCUT2D eigenvalue weighted by Crippen LogP contribution is -1.99. The number of sulfone groups is 1. The van der Waals surface area contributed by atoms with Gasteiger partial charge in [0.25, 0.3) is 0 Å². The first kappa shape index (κ1) is 11.5. The van der Waals surface area contributed by atoms with Gasteiger partial charge in [-0.25, -0.2) is 22.0 Å². The van der Waals surface area contributed by atoms with E-state index in [1.54, 1.807) is 0 Å². The molecule has 15 heavy (non-hydrogen) atoms. The average molecular weight is 233 g/mol. The van der Waals surface area contributed by atoms with Crippen LogP contribution in [0.4, 0.5) is 14.5 Å². The fourth-order valence-electron chi connectivity index (χ4n) is 0.909. The Kier molecular flexibility index (Phi) is 2.97. The molecule has 0 aliphatic carbocycles. The van der Waals surface area contributed by atoms with E-state index in [1.807, 2.05) is 0 Å². The maximum atomic E-state index is 13.1. The van der Waals surface area contributed by atoms with Gasteiger partial charge in [0.15, 0.2) is 21.5 Å². The summed E-state index contributed by atoms with van der Waals surface area (Å²) < 4.78 is 48.0. The average Bonchev–Trinajstić information content (AvgIpc) is 2.09. The Morgan fingerprint density at radius 1 is 1.27 bits per heavy atom. The van der Waals surface area contributed by atoms with E-state index in [0.717, 1.165) is 12.3 Å². The van der Waals surface area contributed by atoms with E-state index in [-0.39, 0.29) is 0 Å². The Labute approximate surface area is 84.2 Å². The summed E-state index contributed by atoms with van der Waals surface area (Å²) in [6, 6.07) is 1.18. The van der Waals surface area contributed by atoms with E-state index in [1.165, 1.54) is 0 Å². The molecule has 1 aromatic rings. The van der Waals surface area contributed by atoms with Gasteiger partial charge in [-0.15, -0.1) is 0 Å². The van der Waals surface area contributed by atoms with Gasteiger partial charge in [0.2, 0.25) is 6.08 Å². The van der Waals surface area contributed by atoms with Crippen LogP contribution in [0.3, 0.4) is 0 Å². The molecule has 0 aliphatic rings. The van der Waals surface area contributed by atoms with E-state index in [4.69, 9.17) is 0 Å². The number of benzene rings is 1. The van der Waals surface area contributed by atoms with Crippen LogP contribution in [0.1, 0.15) is 0 Å². The molecule has 0 saturated heterocycles. The molecule has 1 aromatic carbocycles. The van der Waals surface area contributed by atoms with Gasteiger partial charge >= 0.3 is 0 Å². The van der Waals surface area contributed by atoms with E-state index < -0.39 is 32.1 Å². The highest BCUT2D eigenvalue weighted by atomic mass is 32.2. The second kappa shape index (κ2) is 3.88. The molecule has 0 aliphatic heterocycles. The molecular weight excluding hydrogens is 228 g/mol. The Hall–Kier alpha value is -1.59. The van der Waals surface area contributed by atoms with Crippen LogP contribution in [0.2, 0.25) is 0 Å². The number of hydrogen-bond acceptors (Lipinski definition) is 4. The van der Waals surface area contributed by atoms with Crippen molar-refractivity contribution in [3.05, 3.63) is 23.8 Å². The molecular formula is C8H5F2NO3S. The largest absolute Gasteiger partial charge is 0.240 e. The van der Waals surface area contributed by atoms with Gasteiger partial charge in [0.05, 0.1) is 4.90 Å². The summed E-state index contributed by atoms with van der Waals surface area (Å²) in [7, 11) is -3.70. The lowest BCUT2D eigenvalue weighted by molar-refractivity contribution is 0.558. The zero-order chi connectivity index (χ0) is 11.6. The minimum absolute atomic E-state index is 0.512. The highest BCUT2D eigenvalue weighted by Gasteiger charge is 2.15. The number of halogens is 2. The number of rotatable bonds is 2. The summed E-state index contributed by atoms with van der Waals surface area (Å²) in [5, 5.41) is 0. The summed E-state index contributed by atoms with van der Waals surface area (Å²) in [6.45, 7) is 0. The second-order valence-corrected chi connectivity index (χ2v) is 4.73. The normalized spacial score (nSPS) is 10.9. The summed E-state index contributed by atoms with van der Waals surface area (Å²) >= 11 is 0. The first-order valence-corrected chi connectivity index (χ1v) is 5.52.